The molecule has 0 radical (unpaired) electrons. The van der Waals surface area contributed by atoms with Gasteiger partial charge in [0.15, 0.2) is 5.72 Å². The van der Waals surface area contributed by atoms with Crippen molar-refractivity contribution in [2.75, 3.05) is 26.7 Å². The summed E-state index contributed by atoms with van der Waals surface area (Å²) in [5.74, 6) is 0.279. The van der Waals surface area contributed by atoms with E-state index in [9.17, 15) is 5.11 Å². The molecule has 0 fully saturated rings. The molecule has 134 valence electrons. The molecule has 0 saturated carbocycles. The SMILES string of the molecule is CCN(CC)CCCC(C)NC1(OC)CC=C(O)c2cccnc21. The second kappa shape index (κ2) is 8.60. The second-order valence-electron chi connectivity index (χ2n) is 6.44. The minimum Gasteiger partial charge on any atom is -0.508 e. The zero-order valence-electron chi connectivity index (χ0n) is 15.4. The third-order valence-electron chi connectivity index (χ3n) is 4.88. The van der Waals surface area contributed by atoms with Gasteiger partial charge in [0.05, 0.1) is 5.69 Å². The topological polar surface area (TPSA) is 57.6 Å². The molecule has 1 heterocycles. The highest BCUT2D eigenvalue weighted by atomic mass is 16.5. The van der Waals surface area contributed by atoms with Crippen molar-refractivity contribution >= 4 is 5.76 Å². The van der Waals surface area contributed by atoms with E-state index in [1.807, 2.05) is 18.2 Å². The van der Waals surface area contributed by atoms with Crippen LogP contribution in [0.3, 0.4) is 0 Å². The highest BCUT2D eigenvalue weighted by molar-refractivity contribution is 5.63. The zero-order chi connectivity index (χ0) is 17.6. The number of aromatic nitrogens is 1. The van der Waals surface area contributed by atoms with Crippen molar-refractivity contribution in [1.82, 2.24) is 15.2 Å². The van der Waals surface area contributed by atoms with Crippen molar-refractivity contribution in [3.05, 3.63) is 35.7 Å². The lowest BCUT2D eigenvalue weighted by molar-refractivity contribution is -0.0565. The van der Waals surface area contributed by atoms with Crippen LogP contribution in [0.25, 0.3) is 5.76 Å². The van der Waals surface area contributed by atoms with Gasteiger partial charge in [0, 0.05) is 31.3 Å². The van der Waals surface area contributed by atoms with Crippen molar-refractivity contribution in [3.63, 3.8) is 0 Å². The summed E-state index contributed by atoms with van der Waals surface area (Å²) >= 11 is 0. The summed E-state index contributed by atoms with van der Waals surface area (Å²) in [6.45, 7) is 9.91. The summed E-state index contributed by atoms with van der Waals surface area (Å²) in [5, 5.41) is 13.7. The van der Waals surface area contributed by atoms with Gasteiger partial charge in [-0.1, -0.05) is 13.8 Å². The molecule has 0 aromatic carbocycles. The third kappa shape index (κ3) is 4.15. The number of methoxy groups -OCH3 is 1. The molecule has 1 aliphatic rings. The molecule has 1 aromatic heterocycles. The van der Waals surface area contributed by atoms with E-state index in [1.54, 1.807) is 13.3 Å². The first kappa shape index (κ1) is 18.9. The van der Waals surface area contributed by atoms with Gasteiger partial charge in [-0.15, -0.1) is 0 Å². The van der Waals surface area contributed by atoms with E-state index in [4.69, 9.17) is 4.74 Å². The normalized spacial score (nSPS) is 21.5. The summed E-state index contributed by atoms with van der Waals surface area (Å²) in [7, 11) is 1.70. The van der Waals surface area contributed by atoms with E-state index >= 15 is 0 Å². The number of nitrogens with zero attached hydrogens (tertiary/aromatic N) is 2. The van der Waals surface area contributed by atoms with Crippen LogP contribution in [0.2, 0.25) is 0 Å². The Morgan fingerprint density at radius 1 is 1.42 bits per heavy atom. The van der Waals surface area contributed by atoms with Crippen LogP contribution in [-0.2, 0) is 10.5 Å². The molecule has 1 aromatic rings. The fraction of sp³-hybridized carbons (Fsp3) is 0.632. The molecule has 2 rings (SSSR count). The first-order valence-corrected chi connectivity index (χ1v) is 8.96. The van der Waals surface area contributed by atoms with Crippen LogP contribution in [0.5, 0.6) is 0 Å². The van der Waals surface area contributed by atoms with Crippen molar-refractivity contribution in [3.8, 4) is 0 Å². The third-order valence-corrected chi connectivity index (χ3v) is 4.88. The smallest absolute Gasteiger partial charge is 0.166 e. The van der Waals surface area contributed by atoms with Gasteiger partial charge in [0.1, 0.15) is 5.76 Å². The minimum atomic E-state index is -0.669. The van der Waals surface area contributed by atoms with E-state index in [1.165, 1.54) is 0 Å². The van der Waals surface area contributed by atoms with Crippen LogP contribution in [-0.4, -0.2) is 47.8 Å². The van der Waals surface area contributed by atoms with Gasteiger partial charge in [-0.25, -0.2) is 0 Å². The highest BCUT2D eigenvalue weighted by Crippen LogP contribution is 2.36. The number of nitrogens with one attached hydrogen (secondary N) is 1. The van der Waals surface area contributed by atoms with Gasteiger partial charge in [0.2, 0.25) is 0 Å². The summed E-state index contributed by atoms with van der Waals surface area (Å²) in [6.07, 6.45) is 6.34. The van der Waals surface area contributed by atoms with E-state index in [2.05, 4.69) is 36.0 Å². The minimum absolute atomic E-state index is 0.279. The Kier molecular flexibility index (Phi) is 6.78. The molecule has 2 unspecified atom stereocenters. The molecule has 0 saturated heterocycles. The maximum absolute atomic E-state index is 10.1. The summed E-state index contributed by atoms with van der Waals surface area (Å²) in [4.78, 5) is 6.93. The number of fused-ring (bicyclic) bond motifs is 1. The number of aliphatic hydroxyl groups is 1. The number of aliphatic hydroxyl groups excluding tert-OH is 1. The lowest BCUT2D eigenvalue weighted by atomic mass is 9.91. The van der Waals surface area contributed by atoms with Gasteiger partial charge in [0.25, 0.3) is 0 Å². The predicted molar refractivity (Wildman–Crippen MR) is 97.8 cm³/mol. The molecule has 0 amide bonds. The van der Waals surface area contributed by atoms with Gasteiger partial charge < -0.3 is 14.7 Å². The van der Waals surface area contributed by atoms with Crippen LogP contribution >= 0.6 is 0 Å². The van der Waals surface area contributed by atoms with E-state index < -0.39 is 5.72 Å². The maximum Gasteiger partial charge on any atom is 0.166 e. The number of hydrogen-bond donors (Lipinski definition) is 2. The molecule has 0 spiro atoms. The monoisotopic (exact) mass is 333 g/mol. The first-order chi connectivity index (χ1) is 11.6. The number of pyridine rings is 1. The molecule has 2 N–H and O–H groups in total. The molecular weight excluding hydrogens is 302 g/mol. The molecule has 0 bridgehead atoms. The molecule has 24 heavy (non-hydrogen) atoms. The lowest BCUT2D eigenvalue weighted by Gasteiger charge is -2.38. The van der Waals surface area contributed by atoms with Crippen LogP contribution in [0.1, 0.15) is 51.3 Å². The summed E-state index contributed by atoms with van der Waals surface area (Å²) in [5.41, 5.74) is 0.841. The zero-order valence-corrected chi connectivity index (χ0v) is 15.4. The Bertz CT molecular complexity index is 557. The van der Waals surface area contributed by atoms with E-state index in [0.717, 1.165) is 43.7 Å². The molecule has 2 atom stereocenters. The second-order valence-corrected chi connectivity index (χ2v) is 6.44. The first-order valence-electron chi connectivity index (χ1n) is 8.96. The average molecular weight is 333 g/mol. The van der Waals surface area contributed by atoms with E-state index in [-0.39, 0.29) is 5.76 Å². The van der Waals surface area contributed by atoms with Crippen LogP contribution in [0, 0.1) is 0 Å². The van der Waals surface area contributed by atoms with Gasteiger partial charge in [-0.2, -0.15) is 0 Å². The molecule has 5 nitrogen and oxygen atoms in total. The standard InChI is InChI=1S/C19H31N3O2/c1-5-22(6-2)14-8-9-15(3)21-19(24-4)12-11-17(23)16-10-7-13-20-18(16)19/h7,10-11,13,15,21,23H,5-6,8-9,12,14H2,1-4H3. The van der Waals surface area contributed by atoms with Gasteiger partial charge >= 0.3 is 0 Å². The van der Waals surface area contributed by atoms with Crippen LogP contribution < -0.4 is 5.32 Å². The Labute approximate surface area is 145 Å². The Hall–Kier alpha value is -1.43. The van der Waals surface area contributed by atoms with Crippen molar-refractivity contribution in [2.45, 2.75) is 51.8 Å². The van der Waals surface area contributed by atoms with Gasteiger partial charge in [-0.05, 0) is 57.6 Å². The Morgan fingerprint density at radius 2 is 2.17 bits per heavy atom. The number of ether oxygens (including phenoxy) is 1. The quantitative estimate of drug-likeness (QED) is 0.679. The predicted octanol–water partition coefficient (Wildman–Crippen LogP) is 3.28. The summed E-state index contributed by atoms with van der Waals surface area (Å²) in [6, 6.07) is 4.01. The number of rotatable bonds is 9. The Morgan fingerprint density at radius 3 is 2.83 bits per heavy atom. The fourth-order valence-corrected chi connectivity index (χ4v) is 3.38. The van der Waals surface area contributed by atoms with Crippen LogP contribution in [0.4, 0.5) is 0 Å². The summed E-state index contributed by atoms with van der Waals surface area (Å²) < 4.78 is 5.85. The van der Waals surface area contributed by atoms with Crippen molar-refractivity contribution < 1.29 is 9.84 Å². The lowest BCUT2D eigenvalue weighted by Crippen LogP contribution is -2.50. The van der Waals surface area contributed by atoms with E-state index in [0.29, 0.717) is 12.5 Å². The largest absolute Gasteiger partial charge is 0.508 e. The molecule has 0 aliphatic heterocycles. The van der Waals surface area contributed by atoms with Crippen molar-refractivity contribution in [2.24, 2.45) is 0 Å². The molecule has 5 heteroatoms. The maximum atomic E-state index is 10.1. The van der Waals surface area contributed by atoms with Crippen molar-refractivity contribution in [1.29, 1.82) is 0 Å². The van der Waals surface area contributed by atoms with Crippen LogP contribution in [0.15, 0.2) is 24.4 Å². The molecule has 1 aliphatic carbocycles. The highest BCUT2D eigenvalue weighted by Gasteiger charge is 2.39. The fourth-order valence-electron chi connectivity index (χ4n) is 3.38. The molecular formula is C19H31N3O2. The Balaban J connectivity index is 2.04. The number of hydrogen-bond acceptors (Lipinski definition) is 5. The van der Waals surface area contributed by atoms with Gasteiger partial charge in [-0.3, -0.25) is 10.3 Å². The average Bonchev–Trinajstić information content (AvgIpc) is 2.61.